The van der Waals surface area contributed by atoms with Crippen molar-refractivity contribution in [1.82, 2.24) is 0 Å². The molecular formula is C8H14O4S2. The fraction of sp³-hybridized carbons (Fsp3) is 0.500. The summed E-state index contributed by atoms with van der Waals surface area (Å²) in [6.07, 6.45) is 0. The zero-order valence-corrected chi connectivity index (χ0v) is 9.91. The van der Waals surface area contributed by atoms with Gasteiger partial charge in [0.25, 0.3) is 17.7 Å². The Morgan fingerprint density at radius 2 is 1.07 bits per heavy atom. The van der Waals surface area contributed by atoms with E-state index in [9.17, 15) is 16.8 Å². The van der Waals surface area contributed by atoms with Crippen LogP contribution in [-0.4, -0.2) is 28.3 Å². The summed E-state index contributed by atoms with van der Waals surface area (Å²) in [7, 11) is -8.28. The van der Waals surface area contributed by atoms with Crippen LogP contribution in [0.3, 0.4) is 0 Å². The second kappa shape index (κ2) is 4.27. The summed E-state index contributed by atoms with van der Waals surface area (Å²) in [6.45, 7) is 9.67. The van der Waals surface area contributed by atoms with Crippen LogP contribution in [0.1, 0.15) is 13.8 Å². The third kappa shape index (κ3) is 3.63. The maximum absolute atomic E-state index is 11.3. The van der Waals surface area contributed by atoms with E-state index in [0.717, 1.165) is 0 Å². The van der Waals surface area contributed by atoms with Gasteiger partial charge in [0.15, 0.2) is 0 Å². The molecule has 0 aliphatic rings. The van der Waals surface area contributed by atoms with Crippen LogP contribution in [0, 0.1) is 0 Å². The van der Waals surface area contributed by atoms with E-state index in [1.165, 1.54) is 13.8 Å². The van der Waals surface area contributed by atoms with Gasteiger partial charge in [-0.25, -0.2) is 16.8 Å². The highest BCUT2D eigenvalue weighted by Crippen LogP contribution is 2.11. The van der Waals surface area contributed by atoms with Gasteiger partial charge in [-0.3, -0.25) is 0 Å². The van der Waals surface area contributed by atoms with Gasteiger partial charge < -0.3 is 0 Å². The molecule has 0 aromatic rings. The molecule has 14 heavy (non-hydrogen) atoms. The van der Waals surface area contributed by atoms with Gasteiger partial charge >= 0.3 is 0 Å². The first-order valence-electron chi connectivity index (χ1n) is 3.82. The maximum Gasteiger partial charge on any atom is 0.257 e. The molecule has 0 amide bonds. The molecule has 0 atom stereocenters. The van der Waals surface area contributed by atoms with Crippen LogP contribution >= 0.6 is 0 Å². The van der Waals surface area contributed by atoms with Crippen molar-refractivity contribution < 1.29 is 16.8 Å². The zero-order valence-electron chi connectivity index (χ0n) is 8.28. The van der Waals surface area contributed by atoms with E-state index < -0.39 is 29.2 Å². The molecule has 0 aromatic carbocycles. The lowest BCUT2D eigenvalue weighted by atomic mass is 10.4. The van der Waals surface area contributed by atoms with Gasteiger partial charge in [-0.1, -0.05) is 24.3 Å². The highest BCUT2D eigenvalue weighted by Gasteiger charge is 2.29. The summed E-state index contributed by atoms with van der Waals surface area (Å²) in [5.41, 5.74) is 0.602. The van der Waals surface area contributed by atoms with Crippen molar-refractivity contribution in [1.29, 1.82) is 0 Å². The average molecular weight is 238 g/mol. The van der Waals surface area contributed by atoms with Crippen LogP contribution in [0.2, 0.25) is 0 Å². The van der Waals surface area contributed by atoms with Crippen molar-refractivity contribution in [2.45, 2.75) is 13.8 Å². The predicted octanol–water partition coefficient (Wildman–Crippen LogP) is 0.883. The molecule has 0 spiro atoms. The molecule has 0 radical (unpaired) electrons. The molecule has 82 valence electrons. The molecule has 0 aliphatic heterocycles. The minimum Gasteiger partial charge on any atom is -0.212 e. The number of rotatable bonds is 5. The van der Waals surface area contributed by atoms with E-state index >= 15 is 0 Å². The summed E-state index contributed by atoms with van der Waals surface area (Å²) in [4.78, 5) is 0. The van der Waals surface area contributed by atoms with Gasteiger partial charge in [0.2, 0.25) is 0 Å². The quantitative estimate of drug-likeness (QED) is 0.527. The van der Waals surface area contributed by atoms with Gasteiger partial charge in [0.1, 0.15) is 0 Å². The Bertz CT molecular complexity index is 396. The van der Waals surface area contributed by atoms with Gasteiger partial charge in [-0.05, 0) is 13.8 Å². The molecule has 0 bridgehead atoms. The minimum atomic E-state index is -4.14. The molecule has 0 N–H and O–H groups in total. The topological polar surface area (TPSA) is 68.3 Å². The Hall–Kier alpha value is -0.620. The zero-order chi connectivity index (χ0) is 11.6. The molecule has 0 fully saturated rings. The fourth-order valence-corrected chi connectivity index (χ4v) is 4.63. The fourth-order valence-electron chi connectivity index (χ4n) is 0.783. The third-order valence-electron chi connectivity index (χ3n) is 1.23. The van der Waals surface area contributed by atoms with E-state index in [1.54, 1.807) is 0 Å². The maximum atomic E-state index is 11.3. The van der Waals surface area contributed by atoms with E-state index in [-0.39, 0.29) is 0 Å². The monoisotopic (exact) mass is 238 g/mol. The van der Waals surface area contributed by atoms with Crippen LogP contribution in [0.5, 0.6) is 0 Å². The Balaban J connectivity index is 5.11. The Labute approximate surface area is 84.6 Å². The summed E-state index contributed by atoms with van der Waals surface area (Å²) in [5, 5.41) is 0. The Morgan fingerprint density at radius 3 is 1.21 bits per heavy atom. The SMILES string of the molecule is C=C(C)CS(=O)(=O)S(=O)(=O)CC(=C)C. The van der Waals surface area contributed by atoms with Crippen molar-refractivity contribution in [3.63, 3.8) is 0 Å². The van der Waals surface area contributed by atoms with Gasteiger partial charge in [-0.2, -0.15) is 0 Å². The van der Waals surface area contributed by atoms with Gasteiger partial charge in [-0.15, -0.1) is 0 Å². The van der Waals surface area contributed by atoms with Crippen molar-refractivity contribution in [2.75, 3.05) is 11.5 Å². The normalized spacial score (nSPS) is 12.4. The molecule has 0 aromatic heterocycles. The van der Waals surface area contributed by atoms with Crippen LogP contribution in [0.25, 0.3) is 0 Å². The van der Waals surface area contributed by atoms with Crippen LogP contribution in [0.15, 0.2) is 24.3 Å². The first-order valence-corrected chi connectivity index (χ1v) is 7.65. The summed E-state index contributed by atoms with van der Waals surface area (Å²) >= 11 is 0. The molecule has 0 rings (SSSR count). The molecule has 0 aliphatic carbocycles. The predicted molar refractivity (Wildman–Crippen MR) is 57.2 cm³/mol. The van der Waals surface area contributed by atoms with Crippen molar-refractivity contribution in [3.05, 3.63) is 24.3 Å². The number of hydrogen-bond donors (Lipinski definition) is 0. The number of hydrogen-bond acceptors (Lipinski definition) is 4. The van der Waals surface area contributed by atoms with E-state index in [4.69, 9.17) is 0 Å². The second-order valence-corrected chi connectivity index (χ2v) is 9.17. The summed E-state index contributed by atoms with van der Waals surface area (Å²) < 4.78 is 45.2. The molecule has 0 heterocycles. The lowest BCUT2D eigenvalue weighted by molar-refractivity contribution is 0.585. The second-order valence-electron chi connectivity index (χ2n) is 3.32. The molecule has 6 heteroatoms. The molecule has 4 nitrogen and oxygen atoms in total. The Kier molecular flexibility index (Phi) is 4.08. The summed E-state index contributed by atoms with van der Waals surface area (Å²) in [6, 6.07) is 0. The largest absolute Gasteiger partial charge is 0.257 e. The van der Waals surface area contributed by atoms with Gasteiger partial charge in [0.05, 0.1) is 11.5 Å². The van der Waals surface area contributed by atoms with Crippen molar-refractivity contribution in [2.24, 2.45) is 0 Å². The molecule has 0 saturated heterocycles. The van der Waals surface area contributed by atoms with Crippen LogP contribution in [-0.2, 0) is 17.7 Å². The smallest absolute Gasteiger partial charge is 0.212 e. The van der Waals surface area contributed by atoms with Gasteiger partial charge in [0, 0.05) is 0 Å². The average Bonchev–Trinajstić information content (AvgIpc) is 1.78. The third-order valence-corrected chi connectivity index (χ3v) is 6.73. The van der Waals surface area contributed by atoms with E-state index in [2.05, 4.69) is 13.2 Å². The first-order chi connectivity index (χ1) is 6.08. The standard InChI is InChI=1S/C8H14O4S2/c1-7(2)5-13(9,10)14(11,12)6-8(3)4/h1,3,5-6H2,2,4H3. The Morgan fingerprint density at radius 1 is 0.857 bits per heavy atom. The summed E-state index contributed by atoms with van der Waals surface area (Å²) in [5.74, 6) is -1.05. The lowest BCUT2D eigenvalue weighted by Gasteiger charge is -2.05. The molecule has 0 unspecified atom stereocenters. The highest BCUT2D eigenvalue weighted by molar-refractivity contribution is 8.67. The molecule has 0 saturated carbocycles. The highest BCUT2D eigenvalue weighted by atomic mass is 33.2. The van der Waals surface area contributed by atoms with Crippen LogP contribution in [0.4, 0.5) is 0 Å². The van der Waals surface area contributed by atoms with Crippen molar-refractivity contribution >= 4 is 17.7 Å². The van der Waals surface area contributed by atoms with Crippen LogP contribution < -0.4 is 0 Å². The molecular weight excluding hydrogens is 224 g/mol. The lowest BCUT2D eigenvalue weighted by Crippen LogP contribution is -2.22. The minimum absolute atomic E-state index is 0.301. The van der Waals surface area contributed by atoms with Crippen molar-refractivity contribution in [3.8, 4) is 0 Å². The van der Waals surface area contributed by atoms with E-state index in [0.29, 0.717) is 11.1 Å². The van der Waals surface area contributed by atoms with E-state index in [1.807, 2.05) is 0 Å². The first kappa shape index (κ1) is 13.4.